The van der Waals surface area contributed by atoms with Crippen LogP contribution in [0.5, 0.6) is 5.75 Å². The first-order valence-corrected chi connectivity index (χ1v) is 11.4. The van der Waals surface area contributed by atoms with Crippen LogP contribution >= 0.6 is 0 Å². The summed E-state index contributed by atoms with van der Waals surface area (Å²) in [7, 11) is 0. The molecule has 4 nitrogen and oxygen atoms in total. The molecular weight excluding hydrogens is 372 g/mol. The number of hydrogen-bond acceptors (Lipinski definition) is 3. The summed E-state index contributed by atoms with van der Waals surface area (Å²) in [5, 5.41) is 0. The SMILES string of the molecule is Cc1ccc(CN2CCC(Oc3ccccc3C(=O)N3CCCCC3)CC2)cc1C. The van der Waals surface area contributed by atoms with Gasteiger partial charge in [0, 0.05) is 32.7 Å². The molecule has 0 spiro atoms. The van der Waals surface area contributed by atoms with E-state index in [1.54, 1.807) is 0 Å². The molecule has 0 aliphatic carbocycles. The molecule has 0 bridgehead atoms. The fraction of sp³-hybridized carbons (Fsp3) is 0.500. The third-order valence-electron chi connectivity index (χ3n) is 6.57. The maximum Gasteiger partial charge on any atom is 0.257 e. The van der Waals surface area contributed by atoms with Crippen molar-refractivity contribution < 1.29 is 9.53 Å². The number of carbonyl (C=O) groups is 1. The van der Waals surface area contributed by atoms with Crippen LogP contribution in [0.15, 0.2) is 42.5 Å². The van der Waals surface area contributed by atoms with Gasteiger partial charge in [-0.05, 0) is 74.8 Å². The van der Waals surface area contributed by atoms with Gasteiger partial charge in [0.25, 0.3) is 5.91 Å². The van der Waals surface area contributed by atoms with E-state index in [-0.39, 0.29) is 12.0 Å². The van der Waals surface area contributed by atoms with Gasteiger partial charge in [-0.15, -0.1) is 0 Å². The third kappa shape index (κ3) is 5.04. The highest BCUT2D eigenvalue weighted by atomic mass is 16.5. The number of carbonyl (C=O) groups excluding carboxylic acids is 1. The van der Waals surface area contributed by atoms with Crippen LogP contribution in [0, 0.1) is 13.8 Å². The van der Waals surface area contributed by atoms with Crippen LogP contribution in [-0.4, -0.2) is 48.0 Å². The molecule has 1 amide bonds. The number of likely N-dealkylation sites (tertiary alicyclic amines) is 2. The van der Waals surface area contributed by atoms with Crippen molar-refractivity contribution in [3.05, 3.63) is 64.7 Å². The van der Waals surface area contributed by atoms with E-state index < -0.39 is 0 Å². The molecule has 0 radical (unpaired) electrons. The molecule has 0 saturated carbocycles. The minimum atomic E-state index is 0.123. The average molecular weight is 407 g/mol. The Balaban J connectivity index is 1.34. The Morgan fingerprint density at radius 3 is 2.40 bits per heavy atom. The number of piperidine rings is 2. The van der Waals surface area contributed by atoms with Crippen molar-refractivity contribution in [1.29, 1.82) is 0 Å². The fourth-order valence-corrected chi connectivity index (χ4v) is 4.54. The summed E-state index contributed by atoms with van der Waals surface area (Å²) >= 11 is 0. The van der Waals surface area contributed by atoms with E-state index in [9.17, 15) is 4.79 Å². The second-order valence-electron chi connectivity index (χ2n) is 8.86. The molecule has 2 saturated heterocycles. The van der Waals surface area contributed by atoms with Crippen molar-refractivity contribution in [1.82, 2.24) is 9.80 Å². The van der Waals surface area contributed by atoms with Gasteiger partial charge in [0.15, 0.2) is 0 Å². The molecule has 0 unspecified atom stereocenters. The van der Waals surface area contributed by atoms with E-state index in [0.29, 0.717) is 0 Å². The number of benzene rings is 2. The van der Waals surface area contributed by atoms with Gasteiger partial charge in [0.1, 0.15) is 11.9 Å². The highest BCUT2D eigenvalue weighted by Crippen LogP contribution is 2.26. The zero-order chi connectivity index (χ0) is 20.9. The molecule has 2 fully saturated rings. The molecule has 2 aromatic rings. The summed E-state index contributed by atoms with van der Waals surface area (Å²) in [6, 6.07) is 14.6. The van der Waals surface area contributed by atoms with E-state index >= 15 is 0 Å². The van der Waals surface area contributed by atoms with E-state index in [0.717, 1.165) is 69.7 Å². The molecule has 2 heterocycles. The second-order valence-corrected chi connectivity index (χ2v) is 8.86. The number of para-hydroxylation sites is 1. The standard InChI is InChI=1S/C26H34N2O2/c1-20-10-11-22(18-21(20)2)19-27-16-12-23(13-17-27)30-25-9-5-4-8-24(25)26(29)28-14-6-3-7-15-28/h4-5,8-11,18,23H,3,6-7,12-17,19H2,1-2H3. The van der Waals surface area contributed by atoms with Crippen LogP contribution < -0.4 is 4.74 Å². The van der Waals surface area contributed by atoms with E-state index in [2.05, 4.69) is 36.9 Å². The van der Waals surface area contributed by atoms with Crippen molar-refractivity contribution in [2.45, 2.75) is 58.6 Å². The highest BCUT2D eigenvalue weighted by molar-refractivity contribution is 5.97. The van der Waals surface area contributed by atoms with E-state index in [1.807, 2.05) is 29.2 Å². The van der Waals surface area contributed by atoms with Gasteiger partial charge >= 0.3 is 0 Å². The Morgan fingerprint density at radius 2 is 1.67 bits per heavy atom. The van der Waals surface area contributed by atoms with Crippen molar-refractivity contribution in [3.8, 4) is 5.75 Å². The molecule has 4 heteroatoms. The summed E-state index contributed by atoms with van der Waals surface area (Å²) in [6.45, 7) is 9.13. The minimum absolute atomic E-state index is 0.123. The molecule has 2 aromatic carbocycles. The Bertz CT molecular complexity index is 865. The Labute approximate surface area is 180 Å². The summed E-state index contributed by atoms with van der Waals surface area (Å²) in [5.74, 6) is 0.873. The highest BCUT2D eigenvalue weighted by Gasteiger charge is 2.25. The summed E-state index contributed by atoms with van der Waals surface area (Å²) in [4.78, 5) is 17.5. The second kappa shape index (κ2) is 9.65. The lowest BCUT2D eigenvalue weighted by Gasteiger charge is -2.33. The van der Waals surface area contributed by atoms with Gasteiger partial charge in [-0.3, -0.25) is 9.69 Å². The molecule has 30 heavy (non-hydrogen) atoms. The van der Waals surface area contributed by atoms with Crippen LogP contribution in [0.3, 0.4) is 0 Å². The first kappa shape index (κ1) is 20.9. The predicted molar refractivity (Wildman–Crippen MR) is 121 cm³/mol. The first-order chi connectivity index (χ1) is 14.6. The summed E-state index contributed by atoms with van der Waals surface area (Å²) < 4.78 is 6.36. The Morgan fingerprint density at radius 1 is 0.933 bits per heavy atom. The lowest BCUT2D eigenvalue weighted by molar-refractivity contribution is 0.0702. The average Bonchev–Trinajstić information content (AvgIpc) is 2.78. The van der Waals surface area contributed by atoms with Crippen LogP contribution in [0.25, 0.3) is 0 Å². The van der Waals surface area contributed by atoms with E-state index in [4.69, 9.17) is 4.74 Å². The topological polar surface area (TPSA) is 32.8 Å². The monoisotopic (exact) mass is 406 g/mol. The number of nitrogens with zero attached hydrogens (tertiary/aromatic N) is 2. The molecule has 0 aromatic heterocycles. The normalized spacial score (nSPS) is 18.4. The lowest BCUT2D eigenvalue weighted by Crippen LogP contribution is -2.38. The van der Waals surface area contributed by atoms with Gasteiger partial charge in [0.2, 0.25) is 0 Å². The minimum Gasteiger partial charge on any atom is -0.489 e. The number of ether oxygens (including phenoxy) is 1. The molecule has 160 valence electrons. The van der Waals surface area contributed by atoms with Crippen molar-refractivity contribution in [2.75, 3.05) is 26.2 Å². The molecule has 0 atom stereocenters. The van der Waals surface area contributed by atoms with Crippen molar-refractivity contribution in [3.63, 3.8) is 0 Å². The molecule has 0 N–H and O–H groups in total. The Hall–Kier alpha value is -2.33. The van der Waals surface area contributed by atoms with Crippen molar-refractivity contribution >= 4 is 5.91 Å². The number of aryl methyl sites for hydroxylation is 2. The van der Waals surface area contributed by atoms with Crippen LogP contribution in [0.1, 0.15) is 59.2 Å². The molecule has 2 aliphatic rings. The van der Waals surface area contributed by atoms with Crippen molar-refractivity contribution in [2.24, 2.45) is 0 Å². The van der Waals surface area contributed by atoms with Gasteiger partial charge < -0.3 is 9.64 Å². The quantitative estimate of drug-likeness (QED) is 0.703. The predicted octanol–water partition coefficient (Wildman–Crippen LogP) is 4.97. The molecular formula is C26H34N2O2. The zero-order valence-corrected chi connectivity index (χ0v) is 18.4. The maximum atomic E-state index is 13.0. The Kier molecular flexibility index (Phi) is 6.73. The largest absolute Gasteiger partial charge is 0.489 e. The van der Waals surface area contributed by atoms with Gasteiger partial charge in [0.05, 0.1) is 5.56 Å². The first-order valence-electron chi connectivity index (χ1n) is 11.4. The van der Waals surface area contributed by atoms with Crippen LogP contribution in [-0.2, 0) is 6.54 Å². The summed E-state index contributed by atoms with van der Waals surface area (Å²) in [5.41, 5.74) is 4.82. The third-order valence-corrected chi connectivity index (χ3v) is 6.57. The molecule has 2 aliphatic heterocycles. The number of amides is 1. The summed E-state index contributed by atoms with van der Waals surface area (Å²) in [6.07, 6.45) is 5.61. The smallest absolute Gasteiger partial charge is 0.257 e. The van der Waals surface area contributed by atoms with Crippen LogP contribution in [0.4, 0.5) is 0 Å². The van der Waals surface area contributed by atoms with Crippen LogP contribution in [0.2, 0.25) is 0 Å². The number of hydrogen-bond donors (Lipinski definition) is 0. The molecule has 4 rings (SSSR count). The fourth-order valence-electron chi connectivity index (χ4n) is 4.54. The van der Waals surface area contributed by atoms with Gasteiger partial charge in [-0.2, -0.15) is 0 Å². The van der Waals surface area contributed by atoms with E-state index in [1.165, 1.54) is 23.1 Å². The lowest BCUT2D eigenvalue weighted by atomic mass is 10.0. The zero-order valence-electron chi connectivity index (χ0n) is 18.4. The maximum absolute atomic E-state index is 13.0. The van der Waals surface area contributed by atoms with Gasteiger partial charge in [-0.1, -0.05) is 30.3 Å². The number of rotatable bonds is 5. The van der Waals surface area contributed by atoms with Gasteiger partial charge in [-0.25, -0.2) is 0 Å².